The second-order valence-electron chi connectivity index (χ2n) is 6.57. The fraction of sp³-hybridized carbons (Fsp3) is 0.238. The minimum Gasteiger partial charge on any atom is -0.506 e. The molecule has 28 heavy (non-hydrogen) atoms. The van der Waals surface area contributed by atoms with Crippen LogP contribution in [0.5, 0.6) is 11.6 Å². The number of phenols is 1. The van der Waals surface area contributed by atoms with E-state index in [0.29, 0.717) is 38.7 Å². The molecule has 1 N–H and O–H groups in total. The number of amides is 1. The zero-order valence-corrected chi connectivity index (χ0v) is 15.3. The van der Waals surface area contributed by atoms with E-state index in [-0.39, 0.29) is 17.4 Å². The monoisotopic (exact) mass is 379 g/mol. The van der Waals surface area contributed by atoms with Gasteiger partial charge in [-0.15, -0.1) is 0 Å². The van der Waals surface area contributed by atoms with E-state index in [1.165, 1.54) is 6.07 Å². The molecule has 2 aromatic carbocycles. The van der Waals surface area contributed by atoms with Crippen LogP contribution in [-0.4, -0.2) is 47.2 Å². The molecule has 0 atom stereocenters. The van der Waals surface area contributed by atoms with E-state index >= 15 is 0 Å². The highest BCUT2D eigenvalue weighted by molar-refractivity contribution is 5.91. The van der Waals surface area contributed by atoms with Crippen molar-refractivity contribution in [3.05, 3.63) is 72.0 Å². The standard InChI is InChI=1S/C21H21N3O4/c25-18-9-5-4-8-17(18)23-10-12-24(13-11-23)21(26)19-14-20(22-28-19)27-15-16-6-2-1-3-7-16/h1-9,14,25H,10-13,15H2. The summed E-state index contributed by atoms with van der Waals surface area (Å²) in [6.07, 6.45) is 0. The van der Waals surface area contributed by atoms with Crippen LogP contribution in [0, 0.1) is 0 Å². The summed E-state index contributed by atoms with van der Waals surface area (Å²) < 4.78 is 10.8. The Bertz CT molecular complexity index is 934. The minimum atomic E-state index is -0.209. The smallest absolute Gasteiger partial charge is 0.292 e. The molecule has 0 unspecified atom stereocenters. The van der Waals surface area contributed by atoms with E-state index in [9.17, 15) is 9.90 Å². The van der Waals surface area contributed by atoms with E-state index in [0.717, 1.165) is 11.3 Å². The van der Waals surface area contributed by atoms with Gasteiger partial charge in [0, 0.05) is 26.2 Å². The van der Waals surface area contributed by atoms with Gasteiger partial charge in [0.2, 0.25) is 5.76 Å². The van der Waals surface area contributed by atoms with Crippen molar-refractivity contribution in [3.63, 3.8) is 0 Å². The molecule has 1 amide bonds. The molecule has 0 radical (unpaired) electrons. The average molecular weight is 379 g/mol. The highest BCUT2D eigenvalue weighted by atomic mass is 16.5. The first-order valence-corrected chi connectivity index (χ1v) is 9.16. The molecule has 1 fully saturated rings. The fourth-order valence-corrected chi connectivity index (χ4v) is 3.20. The summed E-state index contributed by atoms with van der Waals surface area (Å²) in [5.41, 5.74) is 1.80. The Kier molecular flexibility index (Phi) is 5.14. The minimum absolute atomic E-state index is 0.166. The largest absolute Gasteiger partial charge is 0.506 e. The van der Waals surface area contributed by atoms with Gasteiger partial charge >= 0.3 is 0 Å². The molecule has 2 heterocycles. The van der Waals surface area contributed by atoms with Gasteiger partial charge in [-0.25, -0.2) is 0 Å². The number of hydrogen-bond donors (Lipinski definition) is 1. The molecule has 0 aliphatic carbocycles. The molecule has 0 saturated carbocycles. The number of aromatic hydroxyl groups is 1. The van der Waals surface area contributed by atoms with Gasteiger partial charge in [-0.3, -0.25) is 4.79 Å². The lowest BCUT2D eigenvalue weighted by atomic mass is 10.2. The summed E-state index contributed by atoms with van der Waals surface area (Å²) in [6.45, 7) is 2.70. The summed E-state index contributed by atoms with van der Waals surface area (Å²) in [7, 11) is 0. The second kappa shape index (κ2) is 8.04. The van der Waals surface area contributed by atoms with Crippen molar-refractivity contribution < 1.29 is 19.2 Å². The molecule has 0 bridgehead atoms. The van der Waals surface area contributed by atoms with Gasteiger partial charge in [0.15, 0.2) is 0 Å². The maximum absolute atomic E-state index is 12.7. The van der Waals surface area contributed by atoms with Crippen LogP contribution in [0.15, 0.2) is 65.2 Å². The Labute approximate surface area is 162 Å². The average Bonchev–Trinajstić information content (AvgIpc) is 3.22. The molecule has 0 spiro atoms. The predicted octanol–water partition coefficient (Wildman–Crippen LogP) is 2.92. The highest BCUT2D eigenvalue weighted by Gasteiger charge is 2.26. The van der Waals surface area contributed by atoms with E-state index < -0.39 is 0 Å². The number of ether oxygens (including phenoxy) is 1. The topological polar surface area (TPSA) is 79.0 Å². The van der Waals surface area contributed by atoms with Crippen molar-refractivity contribution >= 4 is 11.6 Å². The summed E-state index contributed by atoms with van der Waals surface area (Å²) in [6, 6.07) is 18.5. The number of phenolic OH excluding ortho intramolecular Hbond substituents is 1. The number of aromatic nitrogens is 1. The van der Waals surface area contributed by atoms with Gasteiger partial charge in [0.05, 0.1) is 11.8 Å². The van der Waals surface area contributed by atoms with Crippen molar-refractivity contribution in [2.75, 3.05) is 31.1 Å². The molecule has 1 aromatic heterocycles. The summed E-state index contributed by atoms with van der Waals surface area (Å²) in [4.78, 5) is 16.4. The third kappa shape index (κ3) is 3.93. The zero-order chi connectivity index (χ0) is 19.3. The lowest BCUT2D eigenvalue weighted by Gasteiger charge is -2.35. The molecule has 7 heteroatoms. The van der Waals surface area contributed by atoms with Crippen LogP contribution in [0.1, 0.15) is 16.1 Å². The molecular formula is C21H21N3O4. The third-order valence-electron chi connectivity index (χ3n) is 4.72. The number of carbonyl (C=O) groups is 1. The maximum atomic E-state index is 12.7. The molecule has 1 aliphatic rings. The number of piperazine rings is 1. The fourth-order valence-electron chi connectivity index (χ4n) is 3.20. The van der Waals surface area contributed by atoms with Gasteiger partial charge < -0.3 is 24.2 Å². The number of hydrogen-bond acceptors (Lipinski definition) is 6. The maximum Gasteiger partial charge on any atom is 0.292 e. The van der Waals surface area contributed by atoms with E-state index in [2.05, 4.69) is 10.1 Å². The zero-order valence-electron chi connectivity index (χ0n) is 15.3. The quantitative estimate of drug-likeness (QED) is 0.734. The number of nitrogens with zero attached hydrogens (tertiary/aromatic N) is 3. The first-order valence-electron chi connectivity index (χ1n) is 9.16. The molecule has 7 nitrogen and oxygen atoms in total. The summed E-state index contributed by atoms with van der Waals surface area (Å²) in [5, 5.41) is 13.8. The van der Waals surface area contributed by atoms with Gasteiger partial charge in [0.25, 0.3) is 11.8 Å². The van der Waals surface area contributed by atoms with Crippen LogP contribution in [0.3, 0.4) is 0 Å². The van der Waals surface area contributed by atoms with Crippen molar-refractivity contribution in [3.8, 4) is 11.6 Å². The van der Waals surface area contributed by atoms with Gasteiger partial charge in [-0.2, -0.15) is 0 Å². The Morgan fingerprint density at radius 3 is 2.50 bits per heavy atom. The predicted molar refractivity (Wildman–Crippen MR) is 104 cm³/mol. The normalized spacial score (nSPS) is 14.1. The third-order valence-corrected chi connectivity index (χ3v) is 4.72. The van der Waals surface area contributed by atoms with Crippen LogP contribution in [-0.2, 0) is 6.61 Å². The van der Waals surface area contributed by atoms with Crippen LogP contribution in [0.25, 0.3) is 0 Å². The summed E-state index contributed by atoms with van der Waals surface area (Å²) in [5.74, 6) is 0.496. The van der Waals surface area contributed by atoms with E-state index in [1.54, 1.807) is 17.0 Å². The molecular weight excluding hydrogens is 358 g/mol. The SMILES string of the molecule is O=C(c1cc(OCc2ccccc2)no1)N1CCN(c2ccccc2O)CC1. The number of benzene rings is 2. The molecule has 1 aliphatic heterocycles. The molecule has 4 rings (SSSR count). The lowest BCUT2D eigenvalue weighted by molar-refractivity contribution is 0.0704. The first kappa shape index (κ1) is 17.9. The van der Waals surface area contributed by atoms with Crippen molar-refractivity contribution in [2.24, 2.45) is 0 Å². The Balaban J connectivity index is 1.33. The van der Waals surface area contributed by atoms with Crippen LogP contribution >= 0.6 is 0 Å². The number of carbonyl (C=O) groups excluding carboxylic acids is 1. The van der Waals surface area contributed by atoms with Crippen LogP contribution < -0.4 is 9.64 Å². The van der Waals surface area contributed by atoms with Crippen LogP contribution in [0.4, 0.5) is 5.69 Å². The van der Waals surface area contributed by atoms with Gasteiger partial charge in [-0.1, -0.05) is 42.5 Å². The van der Waals surface area contributed by atoms with Crippen molar-refractivity contribution in [1.29, 1.82) is 0 Å². The molecule has 1 saturated heterocycles. The van der Waals surface area contributed by atoms with Gasteiger partial charge in [-0.05, 0) is 22.9 Å². The van der Waals surface area contributed by atoms with E-state index in [1.807, 2.05) is 42.5 Å². The number of para-hydroxylation sites is 2. The number of anilines is 1. The van der Waals surface area contributed by atoms with E-state index in [4.69, 9.17) is 9.26 Å². The number of rotatable bonds is 5. The summed E-state index contributed by atoms with van der Waals surface area (Å²) >= 11 is 0. The Morgan fingerprint density at radius 2 is 1.75 bits per heavy atom. The molecule has 3 aromatic rings. The first-order chi connectivity index (χ1) is 13.7. The van der Waals surface area contributed by atoms with Crippen molar-refractivity contribution in [1.82, 2.24) is 10.1 Å². The Hall–Kier alpha value is -3.48. The van der Waals surface area contributed by atoms with Gasteiger partial charge in [0.1, 0.15) is 12.4 Å². The van der Waals surface area contributed by atoms with Crippen molar-refractivity contribution in [2.45, 2.75) is 6.61 Å². The Morgan fingerprint density at radius 1 is 1.04 bits per heavy atom. The highest BCUT2D eigenvalue weighted by Crippen LogP contribution is 2.27. The second-order valence-corrected chi connectivity index (χ2v) is 6.57. The molecule has 144 valence electrons. The lowest BCUT2D eigenvalue weighted by Crippen LogP contribution is -2.48. The van der Waals surface area contributed by atoms with Crippen LogP contribution in [0.2, 0.25) is 0 Å².